The number of carbonyl (C=O) groups is 3. The molecule has 13 heteroatoms. The summed E-state index contributed by atoms with van der Waals surface area (Å²) >= 11 is 2.32. The molecule has 40 heavy (non-hydrogen) atoms. The van der Waals surface area contributed by atoms with E-state index in [0.29, 0.717) is 51.3 Å². The van der Waals surface area contributed by atoms with Crippen molar-refractivity contribution in [2.75, 3.05) is 16.0 Å². The van der Waals surface area contributed by atoms with Crippen molar-refractivity contribution in [2.45, 2.75) is 29.5 Å². The van der Waals surface area contributed by atoms with Gasteiger partial charge >= 0.3 is 5.97 Å². The molecule has 0 bridgehead atoms. The quantitative estimate of drug-likeness (QED) is 0.343. The van der Waals surface area contributed by atoms with Crippen LogP contribution in [0.5, 0.6) is 0 Å². The van der Waals surface area contributed by atoms with Crippen molar-refractivity contribution in [3.63, 3.8) is 0 Å². The van der Waals surface area contributed by atoms with Crippen LogP contribution >= 0.6 is 23.1 Å². The summed E-state index contributed by atoms with van der Waals surface area (Å²) in [6, 6.07) is 13.6. The Balaban J connectivity index is 1.37. The van der Waals surface area contributed by atoms with E-state index in [-0.39, 0.29) is 34.4 Å². The van der Waals surface area contributed by atoms with E-state index in [9.17, 15) is 24.0 Å². The Kier molecular flexibility index (Phi) is 7.63. The number of ketones is 1. The molecule has 5 rings (SSSR count). The molecule has 0 fully saturated rings. The first-order valence-electron chi connectivity index (χ1n) is 12.1. The van der Waals surface area contributed by atoms with Gasteiger partial charge in [0.15, 0.2) is 10.1 Å². The highest BCUT2D eigenvalue weighted by molar-refractivity contribution is 8.01. The zero-order valence-electron chi connectivity index (χ0n) is 20.8. The Bertz CT molecular complexity index is 1610. The third kappa shape index (κ3) is 5.31. The number of aromatic carboxylic acids is 1. The molecule has 0 radical (unpaired) electrons. The van der Waals surface area contributed by atoms with E-state index in [4.69, 9.17) is 10.8 Å². The average molecular weight is 577 g/mol. The fraction of sp³-hybridized carbons (Fsp3) is 0.185. The number of nitrogens with zero attached hydrogens (tertiary/aromatic N) is 4. The number of thioether (sulfide) groups is 1. The maximum absolute atomic E-state index is 13.6. The van der Waals surface area contributed by atoms with Crippen molar-refractivity contribution in [1.29, 1.82) is 5.26 Å². The molecule has 10 nitrogen and oxygen atoms in total. The first kappa shape index (κ1) is 27.0. The lowest BCUT2D eigenvalue weighted by molar-refractivity contribution is -0.116. The van der Waals surface area contributed by atoms with Crippen molar-refractivity contribution < 1.29 is 23.9 Å². The van der Waals surface area contributed by atoms with Gasteiger partial charge in [0.2, 0.25) is 11.0 Å². The van der Waals surface area contributed by atoms with Crippen LogP contribution in [0.4, 0.5) is 15.2 Å². The van der Waals surface area contributed by atoms with Gasteiger partial charge in [0.25, 0.3) is 0 Å². The van der Waals surface area contributed by atoms with Crippen LogP contribution in [0.3, 0.4) is 0 Å². The number of hydrogen-bond acceptors (Lipinski definition) is 10. The number of benzene rings is 2. The van der Waals surface area contributed by atoms with Crippen LogP contribution in [-0.4, -0.2) is 38.7 Å². The van der Waals surface area contributed by atoms with Crippen LogP contribution in [0, 0.1) is 17.1 Å². The van der Waals surface area contributed by atoms with Gasteiger partial charge in [0.1, 0.15) is 11.6 Å². The number of halogens is 1. The molecule has 2 aromatic carbocycles. The minimum absolute atomic E-state index is 0.0170. The van der Waals surface area contributed by atoms with Crippen molar-refractivity contribution in [3.05, 3.63) is 88.1 Å². The number of carboxylic acid groups (broad SMARTS) is 1. The number of aromatic nitrogens is 2. The number of rotatable bonds is 7. The standard InChI is InChI=1S/C27H21FN6O4S2/c28-16-8-4-14(5-9-16)22-18(12-29)24(30)34(19-2-1-3-20(35)23(19)22)26-32-33-27(40-26)39-13-21(36)31-17-10-6-15(7-11-17)25(37)38/h4-11,22H,1-3,13,30H2,(H,31,36)(H,37,38). The minimum atomic E-state index is -1.06. The van der Waals surface area contributed by atoms with E-state index in [1.54, 1.807) is 17.0 Å². The van der Waals surface area contributed by atoms with E-state index in [1.165, 1.54) is 47.7 Å². The number of nitrogens with two attached hydrogens (primary N) is 1. The molecule has 2 heterocycles. The molecule has 2 aliphatic rings. The van der Waals surface area contributed by atoms with Gasteiger partial charge < -0.3 is 16.2 Å². The predicted octanol–water partition coefficient (Wildman–Crippen LogP) is 4.41. The molecular weight excluding hydrogens is 555 g/mol. The molecule has 0 saturated carbocycles. The molecule has 1 unspecified atom stereocenters. The van der Waals surface area contributed by atoms with Gasteiger partial charge in [-0.1, -0.05) is 35.2 Å². The summed E-state index contributed by atoms with van der Waals surface area (Å²) in [6.07, 6.45) is 1.46. The number of carboxylic acids is 1. The molecule has 1 aromatic heterocycles. The van der Waals surface area contributed by atoms with Crippen LogP contribution in [0.2, 0.25) is 0 Å². The van der Waals surface area contributed by atoms with Gasteiger partial charge in [-0.2, -0.15) is 5.26 Å². The van der Waals surface area contributed by atoms with E-state index < -0.39 is 17.7 Å². The van der Waals surface area contributed by atoms with Gasteiger partial charge in [-0.3, -0.25) is 14.5 Å². The third-order valence-corrected chi connectivity index (χ3v) is 8.49. The largest absolute Gasteiger partial charge is 0.478 e. The summed E-state index contributed by atoms with van der Waals surface area (Å²) in [4.78, 5) is 38.2. The zero-order chi connectivity index (χ0) is 28.4. The van der Waals surface area contributed by atoms with Crippen molar-refractivity contribution in [2.24, 2.45) is 5.73 Å². The van der Waals surface area contributed by atoms with E-state index in [0.717, 1.165) is 11.8 Å². The van der Waals surface area contributed by atoms with Crippen LogP contribution < -0.4 is 16.0 Å². The maximum atomic E-state index is 13.6. The predicted molar refractivity (Wildman–Crippen MR) is 147 cm³/mol. The summed E-state index contributed by atoms with van der Waals surface area (Å²) in [7, 11) is 0. The number of anilines is 2. The van der Waals surface area contributed by atoms with Crippen LogP contribution in [0.15, 0.2) is 75.5 Å². The summed E-state index contributed by atoms with van der Waals surface area (Å²) in [5.41, 5.74) is 8.93. The smallest absolute Gasteiger partial charge is 0.335 e. The van der Waals surface area contributed by atoms with E-state index in [1.807, 2.05) is 0 Å². The number of allylic oxidation sites excluding steroid dienone is 3. The molecule has 1 aliphatic heterocycles. The molecule has 1 aliphatic carbocycles. The summed E-state index contributed by atoms with van der Waals surface area (Å²) in [5.74, 6) is -2.47. The number of nitriles is 1. The third-order valence-electron chi connectivity index (χ3n) is 6.45. The van der Waals surface area contributed by atoms with Crippen LogP contribution in [0.1, 0.15) is 41.1 Å². The highest BCUT2D eigenvalue weighted by atomic mass is 32.2. The Morgan fingerprint density at radius 3 is 2.58 bits per heavy atom. The molecule has 0 saturated heterocycles. The lowest BCUT2D eigenvalue weighted by Gasteiger charge is -2.38. The topological polar surface area (TPSA) is 162 Å². The lowest BCUT2D eigenvalue weighted by atomic mass is 9.76. The molecule has 3 aromatic rings. The second-order valence-electron chi connectivity index (χ2n) is 8.94. The Hall–Kier alpha value is -4.54. The normalized spacial score (nSPS) is 16.9. The number of hydrogen-bond donors (Lipinski definition) is 3. The zero-order valence-corrected chi connectivity index (χ0v) is 22.4. The highest BCUT2D eigenvalue weighted by Crippen LogP contribution is 2.47. The van der Waals surface area contributed by atoms with Crippen LogP contribution in [0.25, 0.3) is 0 Å². The number of nitrogens with one attached hydrogen (secondary N) is 1. The summed E-state index contributed by atoms with van der Waals surface area (Å²) < 4.78 is 14.1. The van der Waals surface area contributed by atoms with Gasteiger partial charge in [-0.25, -0.2) is 9.18 Å². The second kappa shape index (κ2) is 11.3. The SMILES string of the molecule is N#CC1=C(N)N(c2nnc(SCC(=O)Nc3ccc(C(=O)O)cc3)s2)C2=C(C(=O)CCC2)C1c1ccc(F)cc1. The molecule has 4 N–H and O–H groups in total. The number of Topliss-reactive ketones (excluding diaryl/α,β-unsaturated/α-hetero) is 1. The molecule has 1 amide bonds. The first-order valence-corrected chi connectivity index (χ1v) is 13.9. The van der Waals surface area contributed by atoms with Gasteiger partial charge in [0.05, 0.1) is 28.9 Å². The first-order chi connectivity index (χ1) is 19.3. The Labute approximate surface area is 236 Å². The van der Waals surface area contributed by atoms with Crippen molar-refractivity contribution >= 4 is 51.6 Å². The van der Waals surface area contributed by atoms with Gasteiger partial charge in [-0.15, -0.1) is 10.2 Å². The summed E-state index contributed by atoms with van der Waals surface area (Å²) in [6.45, 7) is 0. The lowest BCUT2D eigenvalue weighted by Crippen LogP contribution is -2.38. The molecular formula is C27H21FN6O4S2. The summed E-state index contributed by atoms with van der Waals surface area (Å²) in [5, 5.41) is 30.5. The average Bonchev–Trinajstić information content (AvgIpc) is 3.41. The monoisotopic (exact) mass is 576 g/mol. The Morgan fingerprint density at radius 1 is 1.18 bits per heavy atom. The Morgan fingerprint density at radius 2 is 1.90 bits per heavy atom. The maximum Gasteiger partial charge on any atom is 0.335 e. The van der Waals surface area contributed by atoms with Gasteiger partial charge in [-0.05, 0) is 54.8 Å². The fourth-order valence-electron chi connectivity index (χ4n) is 4.67. The van der Waals surface area contributed by atoms with Crippen molar-refractivity contribution in [1.82, 2.24) is 10.2 Å². The van der Waals surface area contributed by atoms with E-state index in [2.05, 4.69) is 21.6 Å². The molecule has 0 spiro atoms. The second-order valence-corrected chi connectivity index (χ2v) is 11.1. The molecule has 202 valence electrons. The fourth-order valence-corrected chi connectivity index (χ4v) is 6.35. The minimum Gasteiger partial charge on any atom is -0.478 e. The van der Waals surface area contributed by atoms with E-state index >= 15 is 0 Å². The molecule has 1 atom stereocenters. The van der Waals surface area contributed by atoms with Crippen LogP contribution in [-0.2, 0) is 9.59 Å². The highest BCUT2D eigenvalue weighted by Gasteiger charge is 2.41. The van der Waals surface area contributed by atoms with Gasteiger partial charge in [0, 0.05) is 23.4 Å². The number of carbonyl (C=O) groups excluding carboxylic acids is 2. The van der Waals surface area contributed by atoms with Crippen molar-refractivity contribution in [3.8, 4) is 6.07 Å². The number of amides is 1.